The summed E-state index contributed by atoms with van der Waals surface area (Å²) in [5, 5.41) is 9.30. The number of nitrogens with zero attached hydrogens (tertiary/aromatic N) is 3. The molecular formula is C17H17N3O4S. The van der Waals surface area contributed by atoms with E-state index in [2.05, 4.69) is 17.6 Å². The molecular weight excluding hydrogens is 342 g/mol. The third-order valence-electron chi connectivity index (χ3n) is 5.35. The fourth-order valence-corrected chi connectivity index (χ4v) is 4.69. The summed E-state index contributed by atoms with van der Waals surface area (Å²) in [7, 11) is 0. The van der Waals surface area contributed by atoms with E-state index in [0.717, 1.165) is 5.56 Å². The molecule has 4 heterocycles. The molecule has 2 saturated heterocycles. The number of β-lactam (4-membered cyclic amide) rings is 1. The quantitative estimate of drug-likeness (QED) is 0.617. The van der Waals surface area contributed by atoms with Crippen LogP contribution in [0, 0.1) is 5.92 Å². The maximum Gasteiger partial charge on any atom is 0.352 e. The first-order valence-electron chi connectivity index (χ1n) is 8.06. The van der Waals surface area contributed by atoms with E-state index in [1.807, 2.05) is 0 Å². The largest absolute Gasteiger partial charge is 0.477 e. The molecule has 0 spiro atoms. The molecule has 8 heteroatoms. The van der Waals surface area contributed by atoms with Crippen molar-refractivity contribution in [3.8, 4) is 0 Å². The summed E-state index contributed by atoms with van der Waals surface area (Å²) in [5.41, 5.74) is 1.46. The summed E-state index contributed by atoms with van der Waals surface area (Å²) in [4.78, 5) is 43.2. The maximum absolute atomic E-state index is 12.6. The number of carboxylic acids is 1. The van der Waals surface area contributed by atoms with Crippen molar-refractivity contribution < 1.29 is 19.5 Å². The molecule has 1 N–H and O–H groups in total. The van der Waals surface area contributed by atoms with Gasteiger partial charge in [0.2, 0.25) is 5.91 Å². The van der Waals surface area contributed by atoms with Gasteiger partial charge in [-0.2, -0.15) is 12.6 Å². The molecule has 1 aromatic rings. The lowest BCUT2D eigenvalue weighted by molar-refractivity contribution is -0.159. The van der Waals surface area contributed by atoms with E-state index in [-0.39, 0.29) is 29.5 Å². The predicted octanol–water partition coefficient (Wildman–Crippen LogP) is 0.853. The van der Waals surface area contributed by atoms with Crippen LogP contribution in [0.25, 0.3) is 0 Å². The molecule has 0 aromatic carbocycles. The summed E-state index contributed by atoms with van der Waals surface area (Å²) in [6.07, 6.45) is 3.76. The van der Waals surface area contributed by atoms with Crippen LogP contribution in [0.4, 0.5) is 0 Å². The summed E-state index contributed by atoms with van der Waals surface area (Å²) in [6.45, 7) is 1.91. The average Bonchev–Trinajstić information content (AvgIpc) is 2.97. The van der Waals surface area contributed by atoms with E-state index in [1.54, 1.807) is 29.4 Å². The summed E-state index contributed by atoms with van der Waals surface area (Å²) >= 11 is 4.63. The van der Waals surface area contributed by atoms with Crippen LogP contribution in [-0.4, -0.2) is 56.3 Å². The monoisotopic (exact) mass is 359 g/mol. The van der Waals surface area contributed by atoms with Crippen LogP contribution < -0.4 is 0 Å². The molecule has 0 radical (unpaired) electrons. The Hall–Kier alpha value is -2.35. The van der Waals surface area contributed by atoms with E-state index in [4.69, 9.17) is 0 Å². The lowest BCUT2D eigenvalue weighted by Crippen LogP contribution is -2.69. The van der Waals surface area contributed by atoms with Gasteiger partial charge in [0, 0.05) is 31.8 Å². The van der Waals surface area contributed by atoms with Gasteiger partial charge in [0.1, 0.15) is 11.7 Å². The second kappa shape index (κ2) is 5.59. The zero-order chi connectivity index (χ0) is 17.9. The highest BCUT2D eigenvalue weighted by Crippen LogP contribution is 2.50. The molecule has 0 aliphatic carbocycles. The molecule has 3 aliphatic rings. The first-order valence-corrected chi connectivity index (χ1v) is 8.58. The lowest BCUT2D eigenvalue weighted by Gasteiger charge is -2.50. The highest BCUT2D eigenvalue weighted by Gasteiger charge is 2.63. The fraction of sp³-hybridized carbons (Fsp3) is 0.412. The standard InChI is InChI=1S/C17H17N3O4S/c1-8(21)19-7-10-6-11(15(25)9-2-4-18-5-3-9)13(17(23)24)20-12(10)14(19)16(20)22/h2-5,10,12,14-15,25H,6-7H2,1H3,(H,23,24)/t10-,12-,14+,15?/m1/s1. The third kappa shape index (κ3) is 2.20. The number of aliphatic carboxylic acids is 1. The minimum atomic E-state index is -1.13. The van der Waals surface area contributed by atoms with Gasteiger partial charge in [-0.15, -0.1) is 0 Å². The second-order valence-electron chi connectivity index (χ2n) is 6.64. The SMILES string of the molecule is CC(=O)N1C[C@H]2CC(C(S)c3ccncc3)=C(C(=O)O)N3C(=O)[C@@H]1[C@@H]23. The number of carbonyl (C=O) groups is 3. The molecule has 2 amide bonds. The number of carbonyl (C=O) groups excluding carboxylic acids is 2. The molecule has 2 fully saturated rings. The minimum Gasteiger partial charge on any atom is -0.477 e. The molecule has 7 nitrogen and oxygen atoms in total. The Kier molecular flexibility index (Phi) is 3.61. The molecule has 1 unspecified atom stereocenters. The average molecular weight is 359 g/mol. The highest BCUT2D eigenvalue weighted by atomic mass is 32.1. The zero-order valence-electron chi connectivity index (χ0n) is 13.5. The lowest BCUT2D eigenvalue weighted by atomic mass is 9.78. The first-order chi connectivity index (χ1) is 11.9. The minimum absolute atomic E-state index is 0.0183. The van der Waals surface area contributed by atoms with E-state index in [0.29, 0.717) is 18.5 Å². The van der Waals surface area contributed by atoms with Crippen molar-refractivity contribution in [3.05, 3.63) is 41.4 Å². The van der Waals surface area contributed by atoms with Crippen molar-refractivity contribution >= 4 is 30.4 Å². The van der Waals surface area contributed by atoms with Crippen LogP contribution in [0.2, 0.25) is 0 Å². The molecule has 4 atom stereocenters. The Balaban J connectivity index is 1.76. The van der Waals surface area contributed by atoms with Gasteiger partial charge in [0.05, 0.1) is 11.3 Å². The number of likely N-dealkylation sites (tertiary alicyclic amines) is 1. The predicted molar refractivity (Wildman–Crippen MR) is 90.5 cm³/mol. The highest BCUT2D eigenvalue weighted by molar-refractivity contribution is 7.80. The third-order valence-corrected chi connectivity index (χ3v) is 5.96. The van der Waals surface area contributed by atoms with Crippen LogP contribution in [0.5, 0.6) is 0 Å². The maximum atomic E-state index is 12.6. The number of thiol groups is 1. The van der Waals surface area contributed by atoms with Gasteiger partial charge >= 0.3 is 5.97 Å². The molecule has 0 saturated carbocycles. The van der Waals surface area contributed by atoms with Gasteiger partial charge in [-0.3, -0.25) is 19.5 Å². The number of pyridine rings is 1. The number of rotatable bonds is 3. The molecule has 1 aromatic heterocycles. The molecule has 130 valence electrons. The summed E-state index contributed by atoms with van der Waals surface area (Å²) < 4.78 is 0. The van der Waals surface area contributed by atoms with Crippen molar-refractivity contribution in [2.24, 2.45) is 5.92 Å². The van der Waals surface area contributed by atoms with Gasteiger partial charge < -0.3 is 10.0 Å². The van der Waals surface area contributed by atoms with Gasteiger partial charge in [0.15, 0.2) is 0 Å². The number of carboxylic acid groups (broad SMARTS) is 1. The van der Waals surface area contributed by atoms with Crippen molar-refractivity contribution in [2.45, 2.75) is 30.7 Å². The second-order valence-corrected chi connectivity index (χ2v) is 7.16. The van der Waals surface area contributed by atoms with E-state index >= 15 is 0 Å². The van der Waals surface area contributed by atoms with Crippen molar-refractivity contribution in [2.75, 3.05) is 6.54 Å². The van der Waals surface area contributed by atoms with Crippen LogP contribution >= 0.6 is 12.6 Å². The normalized spacial score (nSPS) is 28.6. The van der Waals surface area contributed by atoms with Crippen LogP contribution in [0.15, 0.2) is 35.8 Å². The van der Waals surface area contributed by atoms with Crippen LogP contribution in [-0.2, 0) is 14.4 Å². The summed E-state index contributed by atoms with van der Waals surface area (Å²) in [6, 6.07) is 2.82. The van der Waals surface area contributed by atoms with Gasteiger partial charge in [-0.1, -0.05) is 0 Å². The van der Waals surface area contributed by atoms with Gasteiger partial charge in [-0.05, 0) is 29.7 Å². The smallest absolute Gasteiger partial charge is 0.352 e. The zero-order valence-corrected chi connectivity index (χ0v) is 14.4. The molecule has 3 aliphatic heterocycles. The Morgan fingerprint density at radius 3 is 2.64 bits per heavy atom. The van der Waals surface area contributed by atoms with E-state index in [1.165, 1.54) is 11.8 Å². The molecule has 4 rings (SSSR count). The first kappa shape index (κ1) is 16.1. The van der Waals surface area contributed by atoms with Gasteiger partial charge in [-0.25, -0.2) is 4.79 Å². The molecule has 0 bridgehead atoms. The van der Waals surface area contributed by atoms with Crippen molar-refractivity contribution in [3.63, 3.8) is 0 Å². The van der Waals surface area contributed by atoms with Crippen LogP contribution in [0.1, 0.15) is 24.2 Å². The Bertz CT molecular complexity index is 809. The topological polar surface area (TPSA) is 90.8 Å². The number of hydrogen-bond donors (Lipinski definition) is 2. The van der Waals surface area contributed by atoms with E-state index in [9.17, 15) is 19.5 Å². The Morgan fingerprint density at radius 1 is 1.36 bits per heavy atom. The number of amides is 2. The Labute approximate surface area is 149 Å². The summed E-state index contributed by atoms with van der Waals surface area (Å²) in [5.74, 6) is -1.55. The number of aromatic nitrogens is 1. The number of hydrogen-bond acceptors (Lipinski definition) is 5. The van der Waals surface area contributed by atoms with E-state index < -0.39 is 17.3 Å². The van der Waals surface area contributed by atoms with Crippen LogP contribution in [0.3, 0.4) is 0 Å². The molecule has 25 heavy (non-hydrogen) atoms. The van der Waals surface area contributed by atoms with Crippen molar-refractivity contribution in [1.82, 2.24) is 14.8 Å². The fourth-order valence-electron chi connectivity index (χ4n) is 4.29. The Morgan fingerprint density at radius 2 is 2.04 bits per heavy atom. The van der Waals surface area contributed by atoms with Crippen molar-refractivity contribution in [1.29, 1.82) is 0 Å². The van der Waals surface area contributed by atoms with Gasteiger partial charge in [0.25, 0.3) is 5.91 Å².